The number of nitrogens with zero attached hydrogens (tertiary/aromatic N) is 2. The molecule has 0 amide bonds. The van der Waals surface area contributed by atoms with Gasteiger partial charge >= 0.3 is 5.97 Å². The molecular weight excluding hydrogens is 400 g/mol. The minimum Gasteiger partial charge on any atom is -0.497 e. The van der Waals surface area contributed by atoms with Crippen LogP contribution in [0.5, 0.6) is 5.75 Å². The molecule has 0 saturated carbocycles. The molecule has 5 rings (SSSR count). The van der Waals surface area contributed by atoms with E-state index in [0.29, 0.717) is 6.04 Å². The number of hydrogen-bond acceptors (Lipinski definition) is 5. The van der Waals surface area contributed by atoms with Gasteiger partial charge in [-0.1, -0.05) is 24.6 Å². The molecule has 2 aliphatic heterocycles. The van der Waals surface area contributed by atoms with E-state index in [-0.39, 0.29) is 29.3 Å². The Labute approximate surface area is 192 Å². The first-order valence-electron chi connectivity index (χ1n) is 12.1. The first kappa shape index (κ1) is 21.6. The molecular formula is C27H36N2O3. The Balaban J connectivity index is 1.28. The largest absolute Gasteiger partial charge is 0.497 e. The molecule has 4 aliphatic rings. The van der Waals surface area contributed by atoms with Crippen molar-refractivity contribution in [2.24, 2.45) is 17.3 Å². The first-order chi connectivity index (χ1) is 15.4. The third kappa shape index (κ3) is 3.75. The average Bonchev–Trinajstić information content (AvgIpc) is 3.06. The van der Waals surface area contributed by atoms with E-state index < -0.39 is 0 Å². The highest BCUT2D eigenvalue weighted by atomic mass is 16.6. The summed E-state index contributed by atoms with van der Waals surface area (Å²) in [5.74, 6) is 1.05. The summed E-state index contributed by atoms with van der Waals surface area (Å²) in [5.41, 5.74) is 4.25. The smallest absolute Gasteiger partial charge is 0.311 e. The summed E-state index contributed by atoms with van der Waals surface area (Å²) in [4.78, 5) is 17.8. The summed E-state index contributed by atoms with van der Waals surface area (Å²) in [6.45, 7) is 10.5. The van der Waals surface area contributed by atoms with Gasteiger partial charge in [0.25, 0.3) is 0 Å². The van der Waals surface area contributed by atoms with Gasteiger partial charge in [0.05, 0.1) is 13.0 Å². The van der Waals surface area contributed by atoms with Crippen molar-refractivity contribution >= 4 is 11.7 Å². The molecule has 0 bridgehead atoms. The van der Waals surface area contributed by atoms with E-state index in [1.165, 1.54) is 16.8 Å². The number of allylic oxidation sites excluding steroid dienone is 3. The van der Waals surface area contributed by atoms with Crippen molar-refractivity contribution in [3.63, 3.8) is 0 Å². The Morgan fingerprint density at radius 1 is 1.22 bits per heavy atom. The van der Waals surface area contributed by atoms with Crippen LogP contribution in [-0.2, 0) is 9.53 Å². The number of carbonyl (C=O) groups excluding carboxylic acids is 1. The Bertz CT molecular complexity index is 937. The van der Waals surface area contributed by atoms with Gasteiger partial charge in [-0.15, -0.1) is 0 Å². The zero-order valence-electron chi connectivity index (χ0n) is 19.8. The van der Waals surface area contributed by atoms with Crippen LogP contribution in [0.4, 0.5) is 5.69 Å². The van der Waals surface area contributed by atoms with Gasteiger partial charge in [0.1, 0.15) is 11.9 Å². The maximum Gasteiger partial charge on any atom is 0.311 e. The highest BCUT2D eigenvalue weighted by molar-refractivity contribution is 5.76. The lowest BCUT2D eigenvalue weighted by Gasteiger charge is -2.44. The molecule has 0 spiro atoms. The van der Waals surface area contributed by atoms with Gasteiger partial charge in [0.2, 0.25) is 0 Å². The van der Waals surface area contributed by atoms with Crippen LogP contribution >= 0.6 is 0 Å². The van der Waals surface area contributed by atoms with Crippen LogP contribution in [0.2, 0.25) is 0 Å². The van der Waals surface area contributed by atoms with E-state index in [4.69, 9.17) is 9.47 Å². The molecule has 2 heterocycles. The Morgan fingerprint density at radius 2 is 2.00 bits per heavy atom. The number of ether oxygens (including phenoxy) is 2. The Kier molecular flexibility index (Phi) is 5.56. The molecule has 172 valence electrons. The lowest BCUT2D eigenvalue weighted by Crippen LogP contribution is -2.53. The van der Waals surface area contributed by atoms with Crippen molar-refractivity contribution in [1.29, 1.82) is 0 Å². The zero-order valence-corrected chi connectivity index (χ0v) is 19.8. The summed E-state index contributed by atoms with van der Waals surface area (Å²) in [6.07, 6.45) is 8.08. The number of piperazine rings is 1. The van der Waals surface area contributed by atoms with Gasteiger partial charge in [-0.25, -0.2) is 0 Å². The molecule has 0 unspecified atom stereocenters. The lowest BCUT2D eigenvalue weighted by atomic mass is 9.62. The van der Waals surface area contributed by atoms with Crippen molar-refractivity contribution in [2.45, 2.75) is 52.2 Å². The van der Waals surface area contributed by atoms with Gasteiger partial charge in [0.15, 0.2) is 0 Å². The summed E-state index contributed by atoms with van der Waals surface area (Å²) in [5, 5.41) is 0. The summed E-state index contributed by atoms with van der Waals surface area (Å²) < 4.78 is 11.3. The number of esters is 1. The zero-order chi connectivity index (χ0) is 22.5. The SMILES string of the molecule is COc1ccc(N2CCN(C[C@@H]3C(=O)O[C@@H]4C[C@@]5(C)CCC=C(C)C5=C[C@H]34)C[C@H]2C)cc1. The standard InChI is InChI=1S/C27H36N2O3/c1-18-6-5-11-27(3)15-25-22(14-24(18)27)23(26(30)32-25)17-28-12-13-29(19(2)16-28)20-7-9-21(31-4)10-8-20/h6-10,14,19,22-23,25H,5,11-13,15-17H2,1-4H3/t19-,22-,23+,25-,27-/m1/s1. The molecule has 0 N–H and O–H groups in total. The van der Waals surface area contributed by atoms with Gasteiger partial charge in [0, 0.05) is 43.8 Å². The fourth-order valence-electron chi connectivity index (χ4n) is 6.47. The predicted molar refractivity (Wildman–Crippen MR) is 127 cm³/mol. The third-order valence-corrected chi connectivity index (χ3v) is 8.27. The van der Waals surface area contributed by atoms with Crippen LogP contribution in [0.1, 0.15) is 40.0 Å². The second kappa shape index (κ2) is 8.26. The van der Waals surface area contributed by atoms with Crippen LogP contribution in [0.3, 0.4) is 0 Å². The van der Waals surface area contributed by atoms with Gasteiger partial charge in [-0.3, -0.25) is 9.69 Å². The number of hydrogen-bond donors (Lipinski definition) is 0. The van der Waals surface area contributed by atoms with Crippen LogP contribution in [0, 0.1) is 17.3 Å². The minimum atomic E-state index is -0.0495. The number of carbonyl (C=O) groups is 1. The molecule has 5 nitrogen and oxygen atoms in total. The van der Waals surface area contributed by atoms with Crippen LogP contribution in [0.25, 0.3) is 0 Å². The lowest BCUT2D eigenvalue weighted by molar-refractivity contribution is -0.145. The van der Waals surface area contributed by atoms with E-state index in [1.54, 1.807) is 7.11 Å². The Morgan fingerprint density at radius 3 is 2.72 bits per heavy atom. The molecule has 5 atom stereocenters. The van der Waals surface area contributed by atoms with Crippen molar-refractivity contribution in [3.8, 4) is 5.75 Å². The molecule has 5 heteroatoms. The van der Waals surface area contributed by atoms with Gasteiger partial charge < -0.3 is 14.4 Å². The van der Waals surface area contributed by atoms with Crippen molar-refractivity contribution in [2.75, 3.05) is 38.2 Å². The second-order valence-corrected chi connectivity index (χ2v) is 10.4. The summed E-state index contributed by atoms with van der Waals surface area (Å²) in [6, 6.07) is 8.70. The summed E-state index contributed by atoms with van der Waals surface area (Å²) >= 11 is 0. The number of methoxy groups -OCH3 is 1. The van der Waals surface area contributed by atoms with E-state index >= 15 is 0 Å². The molecule has 32 heavy (non-hydrogen) atoms. The van der Waals surface area contributed by atoms with E-state index in [0.717, 1.165) is 51.2 Å². The fourth-order valence-corrected chi connectivity index (χ4v) is 6.47. The molecule has 1 aromatic rings. The monoisotopic (exact) mass is 436 g/mol. The first-order valence-corrected chi connectivity index (χ1v) is 12.1. The highest BCUT2D eigenvalue weighted by Crippen LogP contribution is 2.52. The number of benzene rings is 1. The molecule has 2 saturated heterocycles. The van der Waals surface area contributed by atoms with Gasteiger partial charge in [-0.05, 0) is 68.4 Å². The van der Waals surface area contributed by atoms with Crippen LogP contribution < -0.4 is 9.64 Å². The average molecular weight is 437 g/mol. The van der Waals surface area contributed by atoms with Crippen molar-refractivity contribution in [1.82, 2.24) is 4.90 Å². The highest BCUT2D eigenvalue weighted by Gasteiger charge is 2.51. The number of anilines is 1. The van der Waals surface area contributed by atoms with E-state index in [9.17, 15) is 4.79 Å². The number of rotatable bonds is 4. The molecule has 0 radical (unpaired) electrons. The van der Waals surface area contributed by atoms with Crippen molar-refractivity contribution < 1.29 is 14.3 Å². The third-order valence-electron chi connectivity index (χ3n) is 8.27. The normalized spacial score (nSPS) is 34.9. The molecule has 2 aliphatic carbocycles. The molecule has 0 aromatic heterocycles. The predicted octanol–water partition coefficient (Wildman–Crippen LogP) is 4.44. The quantitative estimate of drug-likeness (QED) is 0.653. The fraction of sp³-hybridized carbons (Fsp3) is 0.593. The van der Waals surface area contributed by atoms with Crippen LogP contribution in [-0.4, -0.2) is 56.3 Å². The summed E-state index contributed by atoms with van der Waals surface area (Å²) in [7, 11) is 1.70. The second-order valence-electron chi connectivity index (χ2n) is 10.4. The van der Waals surface area contributed by atoms with Gasteiger partial charge in [-0.2, -0.15) is 0 Å². The van der Waals surface area contributed by atoms with E-state index in [2.05, 4.69) is 54.9 Å². The molecule has 2 fully saturated rings. The maximum absolute atomic E-state index is 12.9. The minimum absolute atomic E-state index is 0.00552. The Hall–Kier alpha value is -2.27. The van der Waals surface area contributed by atoms with Crippen LogP contribution in [0.15, 0.2) is 47.6 Å². The maximum atomic E-state index is 12.9. The van der Waals surface area contributed by atoms with Crippen molar-refractivity contribution in [3.05, 3.63) is 47.6 Å². The topological polar surface area (TPSA) is 42.0 Å². The van der Waals surface area contributed by atoms with E-state index in [1.807, 2.05) is 12.1 Å². The number of fused-ring (bicyclic) bond motifs is 2. The molecule has 1 aromatic carbocycles.